The standard InChI is InChI=1S/C17H11F2N3O/c18-13-7-5-12(14(19)9-13)10-20-22-17(23)16-8-6-11-3-1-2-4-15(11)21-16/h1-10H,(H,22,23)/b20-10+. The van der Waals surface area contributed by atoms with Gasteiger partial charge in [-0.1, -0.05) is 24.3 Å². The number of aromatic nitrogens is 1. The van der Waals surface area contributed by atoms with Crippen LogP contribution in [-0.2, 0) is 0 Å². The number of hydrogen-bond donors (Lipinski definition) is 1. The average molecular weight is 311 g/mol. The number of para-hydroxylation sites is 1. The van der Waals surface area contributed by atoms with E-state index >= 15 is 0 Å². The second-order valence-corrected chi connectivity index (χ2v) is 4.75. The minimum absolute atomic E-state index is 0.0678. The number of amides is 1. The normalized spacial score (nSPS) is 11.0. The number of nitrogens with zero attached hydrogens (tertiary/aromatic N) is 2. The zero-order valence-electron chi connectivity index (χ0n) is 11.8. The number of benzene rings is 2. The van der Waals surface area contributed by atoms with E-state index in [1.165, 1.54) is 6.07 Å². The molecule has 0 aliphatic rings. The van der Waals surface area contributed by atoms with Gasteiger partial charge in [0.15, 0.2) is 0 Å². The van der Waals surface area contributed by atoms with Gasteiger partial charge in [-0.25, -0.2) is 19.2 Å². The smallest absolute Gasteiger partial charge is 0.266 e. The van der Waals surface area contributed by atoms with E-state index in [9.17, 15) is 13.6 Å². The molecule has 0 bridgehead atoms. The number of carbonyl (C=O) groups is 1. The number of carbonyl (C=O) groups excluding carboxylic acids is 1. The molecule has 114 valence electrons. The second-order valence-electron chi connectivity index (χ2n) is 4.75. The molecule has 0 aliphatic heterocycles. The Kier molecular flexibility index (Phi) is 4.05. The molecule has 1 N–H and O–H groups in total. The third kappa shape index (κ3) is 3.37. The molecule has 0 unspecified atom stereocenters. The van der Waals surface area contributed by atoms with Crippen LogP contribution in [0.3, 0.4) is 0 Å². The van der Waals surface area contributed by atoms with E-state index in [2.05, 4.69) is 15.5 Å². The van der Waals surface area contributed by atoms with Gasteiger partial charge in [0.2, 0.25) is 0 Å². The summed E-state index contributed by atoms with van der Waals surface area (Å²) in [6.07, 6.45) is 1.10. The minimum Gasteiger partial charge on any atom is -0.266 e. The van der Waals surface area contributed by atoms with Crippen LogP contribution in [0.2, 0.25) is 0 Å². The van der Waals surface area contributed by atoms with Crippen LogP contribution in [0.15, 0.2) is 59.7 Å². The summed E-state index contributed by atoms with van der Waals surface area (Å²) in [5.41, 5.74) is 3.21. The first-order chi connectivity index (χ1) is 11.1. The lowest BCUT2D eigenvalue weighted by Crippen LogP contribution is -2.19. The monoisotopic (exact) mass is 311 g/mol. The Labute approximate surface area is 130 Å². The Balaban J connectivity index is 1.74. The summed E-state index contributed by atoms with van der Waals surface area (Å²) in [7, 11) is 0. The zero-order chi connectivity index (χ0) is 16.2. The lowest BCUT2D eigenvalue weighted by atomic mass is 10.2. The van der Waals surface area contributed by atoms with Crippen LogP contribution >= 0.6 is 0 Å². The third-order valence-electron chi connectivity index (χ3n) is 3.16. The summed E-state index contributed by atoms with van der Waals surface area (Å²) in [5.74, 6) is -1.95. The number of halogens is 2. The van der Waals surface area contributed by atoms with Gasteiger partial charge in [0.25, 0.3) is 5.91 Å². The predicted octanol–water partition coefficient (Wildman–Crippen LogP) is 3.28. The fraction of sp³-hybridized carbons (Fsp3) is 0. The Morgan fingerprint density at radius 1 is 1.09 bits per heavy atom. The first-order valence-electron chi connectivity index (χ1n) is 6.78. The van der Waals surface area contributed by atoms with Crippen LogP contribution < -0.4 is 5.43 Å². The average Bonchev–Trinajstić information content (AvgIpc) is 2.56. The number of fused-ring (bicyclic) bond motifs is 1. The van der Waals surface area contributed by atoms with E-state index in [1.807, 2.05) is 18.2 Å². The molecule has 6 heteroatoms. The van der Waals surface area contributed by atoms with Crippen LogP contribution in [0.5, 0.6) is 0 Å². The molecule has 4 nitrogen and oxygen atoms in total. The van der Waals surface area contributed by atoms with Gasteiger partial charge in [-0.3, -0.25) is 4.79 Å². The van der Waals surface area contributed by atoms with E-state index < -0.39 is 17.5 Å². The van der Waals surface area contributed by atoms with Crippen molar-refractivity contribution in [2.45, 2.75) is 0 Å². The van der Waals surface area contributed by atoms with Crippen LogP contribution in [-0.4, -0.2) is 17.1 Å². The molecule has 0 aliphatic carbocycles. The summed E-state index contributed by atoms with van der Waals surface area (Å²) < 4.78 is 26.2. The van der Waals surface area contributed by atoms with Gasteiger partial charge in [0.1, 0.15) is 17.3 Å². The fourth-order valence-electron chi connectivity index (χ4n) is 2.02. The van der Waals surface area contributed by atoms with E-state index in [0.717, 1.165) is 23.7 Å². The highest BCUT2D eigenvalue weighted by molar-refractivity contribution is 5.95. The summed E-state index contributed by atoms with van der Waals surface area (Å²) >= 11 is 0. The molecule has 0 saturated heterocycles. The van der Waals surface area contributed by atoms with Crippen molar-refractivity contribution in [3.63, 3.8) is 0 Å². The Bertz CT molecular complexity index is 909. The molecule has 1 heterocycles. The molecular formula is C17H11F2N3O. The zero-order valence-corrected chi connectivity index (χ0v) is 11.8. The van der Waals surface area contributed by atoms with Gasteiger partial charge in [-0.05, 0) is 24.3 Å². The summed E-state index contributed by atoms with van der Waals surface area (Å²) in [6.45, 7) is 0. The second kappa shape index (κ2) is 6.31. The van der Waals surface area contributed by atoms with Crippen molar-refractivity contribution in [1.29, 1.82) is 0 Å². The van der Waals surface area contributed by atoms with Crippen LogP contribution in [0.4, 0.5) is 8.78 Å². The highest BCUT2D eigenvalue weighted by atomic mass is 19.1. The van der Waals surface area contributed by atoms with Gasteiger partial charge in [0.05, 0.1) is 11.7 Å². The van der Waals surface area contributed by atoms with Crippen molar-refractivity contribution in [2.75, 3.05) is 0 Å². The first-order valence-corrected chi connectivity index (χ1v) is 6.78. The van der Waals surface area contributed by atoms with Crippen LogP contribution in [0, 0.1) is 11.6 Å². The van der Waals surface area contributed by atoms with E-state index in [0.29, 0.717) is 5.52 Å². The molecule has 0 atom stereocenters. The van der Waals surface area contributed by atoms with Gasteiger partial charge >= 0.3 is 0 Å². The highest BCUT2D eigenvalue weighted by Gasteiger charge is 2.07. The molecule has 1 amide bonds. The Morgan fingerprint density at radius 3 is 2.74 bits per heavy atom. The van der Waals surface area contributed by atoms with Gasteiger partial charge in [-0.2, -0.15) is 5.10 Å². The SMILES string of the molecule is O=C(N/N=C/c1ccc(F)cc1F)c1ccc2ccccc2n1. The topological polar surface area (TPSA) is 54.4 Å². The van der Waals surface area contributed by atoms with Crippen molar-refractivity contribution < 1.29 is 13.6 Å². The molecule has 23 heavy (non-hydrogen) atoms. The van der Waals surface area contributed by atoms with Crippen molar-refractivity contribution in [3.05, 3.63) is 77.5 Å². The summed E-state index contributed by atoms with van der Waals surface area (Å²) in [6, 6.07) is 13.8. The molecule has 0 radical (unpaired) electrons. The molecule has 3 rings (SSSR count). The Morgan fingerprint density at radius 2 is 1.91 bits per heavy atom. The lowest BCUT2D eigenvalue weighted by molar-refractivity contribution is 0.0950. The number of nitrogens with one attached hydrogen (secondary N) is 1. The molecule has 0 fully saturated rings. The largest absolute Gasteiger partial charge is 0.289 e. The molecule has 0 spiro atoms. The molecule has 0 saturated carbocycles. The number of hydrogen-bond acceptors (Lipinski definition) is 3. The molecule has 1 aromatic heterocycles. The van der Waals surface area contributed by atoms with Gasteiger partial charge < -0.3 is 0 Å². The minimum atomic E-state index is -0.758. The van der Waals surface area contributed by atoms with Crippen molar-refractivity contribution in [1.82, 2.24) is 10.4 Å². The quantitative estimate of drug-likeness (QED) is 0.596. The van der Waals surface area contributed by atoms with Crippen molar-refractivity contribution in [3.8, 4) is 0 Å². The Hall–Kier alpha value is -3.15. The van der Waals surface area contributed by atoms with Crippen molar-refractivity contribution >= 4 is 23.0 Å². The number of rotatable bonds is 3. The summed E-state index contributed by atoms with van der Waals surface area (Å²) in [4.78, 5) is 16.2. The first kappa shape index (κ1) is 14.8. The van der Waals surface area contributed by atoms with Crippen LogP contribution in [0.25, 0.3) is 10.9 Å². The van der Waals surface area contributed by atoms with E-state index in [-0.39, 0.29) is 11.3 Å². The van der Waals surface area contributed by atoms with Gasteiger partial charge in [0, 0.05) is 17.0 Å². The predicted molar refractivity (Wildman–Crippen MR) is 83.2 cm³/mol. The third-order valence-corrected chi connectivity index (χ3v) is 3.16. The summed E-state index contributed by atoms with van der Waals surface area (Å²) in [5, 5.41) is 4.58. The number of pyridine rings is 1. The molecular weight excluding hydrogens is 300 g/mol. The maximum atomic E-state index is 13.4. The van der Waals surface area contributed by atoms with Crippen molar-refractivity contribution in [2.24, 2.45) is 5.10 Å². The van der Waals surface area contributed by atoms with E-state index in [1.54, 1.807) is 18.2 Å². The fourth-order valence-corrected chi connectivity index (χ4v) is 2.02. The number of hydrazone groups is 1. The maximum Gasteiger partial charge on any atom is 0.289 e. The molecule has 3 aromatic rings. The van der Waals surface area contributed by atoms with Crippen LogP contribution in [0.1, 0.15) is 16.1 Å². The molecule has 2 aromatic carbocycles. The van der Waals surface area contributed by atoms with E-state index in [4.69, 9.17) is 0 Å². The maximum absolute atomic E-state index is 13.4. The lowest BCUT2D eigenvalue weighted by Gasteiger charge is -2.02. The van der Waals surface area contributed by atoms with Gasteiger partial charge in [-0.15, -0.1) is 0 Å². The highest BCUT2D eigenvalue weighted by Crippen LogP contribution is 2.11.